The molecule has 0 spiro atoms. The number of nitrogens with one attached hydrogen (secondary N) is 1. The lowest BCUT2D eigenvalue weighted by Crippen LogP contribution is -2.09. The van der Waals surface area contributed by atoms with E-state index in [0.717, 1.165) is 12.2 Å². The van der Waals surface area contributed by atoms with E-state index in [1.54, 1.807) is 0 Å². The first-order valence-electron chi connectivity index (χ1n) is 3.72. The van der Waals surface area contributed by atoms with Gasteiger partial charge in [0.05, 0.1) is 0 Å². The quantitative estimate of drug-likeness (QED) is 0.723. The maximum atomic E-state index is 5.89. The van der Waals surface area contributed by atoms with Crippen LogP contribution in [0.25, 0.3) is 0 Å². The number of nitrogens with two attached hydrogens (primary N) is 1. The highest BCUT2D eigenvalue weighted by molar-refractivity contribution is 7.98. The third-order valence-corrected chi connectivity index (χ3v) is 2.33. The first-order valence-corrected chi connectivity index (χ1v) is 5.11. The smallest absolute Gasteiger partial charge is 0.0317 e. The Kier molecular flexibility index (Phi) is 3.52. The monoisotopic (exact) mass is 170 g/mol. The van der Waals surface area contributed by atoms with Gasteiger partial charge in [-0.1, -0.05) is 0 Å². The number of hydrogen-bond donors (Lipinski definition) is 2. The Labute approximate surface area is 71.6 Å². The Bertz CT molecular complexity index is 184. The Balaban J connectivity index is 2.36. The van der Waals surface area contributed by atoms with Gasteiger partial charge in [0, 0.05) is 18.4 Å². The van der Waals surface area contributed by atoms with Crippen LogP contribution in [0.3, 0.4) is 0 Å². The second-order valence-corrected chi connectivity index (χ2v) is 3.52. The summed E-state index contributed by atoms with van der Waals surface area (Å²) in [4.78, 5) is 3.00. The van der Waals surface area contributed by atoms with Crippen molar-refractivity contribution in [3.8, 4) is 0 Å². The van der Waals surface area contributed by atoms with Gasteiger partial charge < -0.3 is 10.7 Å². The highest BCUT2D eigenvalue weighted by atomic mass is 32.2. The summed E-state index contributed by atoms with van der Waals surface area (Å²) in [7, 11) is 0. The lowest BCUT2D eigenvalue weighted by atomic mass is 10.1. The van der Waals surface area contributed by atoms with E-state index in [1.807, 2.05) is 30.2 Å². The molecule has 0 fully saturated rings. The molecule has 0 radical (unpaired) electrons. The summed E-state index contributed by atoms with van der Waals surface area (Å²) in [5, 5.41) is 0. The lowest BCUT2D eigenvalue weighted by molar-refractivity contribution is 0.707. The first-order chi connectivity index (χ1) is 5.34. The normalized spacial score (nSPS) is 13.3. The second-order valence-electron chi connectivity index (χ2n) is 2.53. The van der Waals surface area contributed by atoms with Crippen LogP contribution in [0.15, 0.2) is 18.5 Å². The zero-order chi connectivity index (χ0) is 8.10. The molecule has 0 aliphatic carbocycles. The fourth-order valence-corrected chi connectivity index (χ4v) is 1.47. The SMILES string of the molecule is CSCCC(N)c1cc[nH]c1. The number of aromatic amines is 1. The van der Waals surface area contributed by atoms with E-state index in [9.17, 15) is 0 Å². The van der Waals surface area contributed by atoms with Gasteiger partial charge in [0.25, 0.3) is 0 Å². The molecule has 0 bridgehead atoms. The molecule has 0 aliphatic heterocycles. The van der Waals surface area contributed by atoms with E-state index in [-0.39, 0.29) is 6.04 Å². The zero-order valence-corrected chi connectivity index (χ0v) is 7.53. The first kappa shape index (κ1) is 8.68. The molecule has 0 amide bonds. The molecule has 0 saturated carbocycles. The molecule has 1 unspecified atom stereocenters. The van der Waals surface area contributed by atoms with Crippen LogP contribution in [0, 0.1) is 0 Å². The Hall–Kier alpha value is -0.410. The number of thioether (sulfide) groups is 1. The van der Waals surface area contributed by atoms with Crippen LogP contribution in [-0.2, 0) is 0 Å². The molecular formula is C8H14N2S. The van der Waals surface area contributed by atoms with E-state index in [2.05, 4.69) is 11.2 Å². The predicted octanol–water partition coefficient (Wildman–Crippen LogP) is 1.77. The number of hydrogen-bond acceptors (Lipinski definition) is 2. The van der Waals surface area contributed by atoms with Gasteiger partial charge in [-0.05, 0) is 30.1 Å². The third-order valence-electron chi connectivity index (χ3n) is 1.68. The molecule has 0 aliphatic rings. The number of H-pyrrole nitrogens is 1. The number of aromatic nitrogens is 1. The van der Waals surface area contributed by atoms with Gasteiger partial charge in [-0.15, -0.1) is 0 Å². The summed E-state index contributed by atoms with van der Waals surface area (Å²) in [5.74, 6) is 1.13. The molecule has 0 aromatic carbocycles. The Morgan fingerprint density at radius 2 is 2.55 bits per heavy atom. The van der Waals surface area contributed by atoms with E-state index >= 15 is 0 Å². The van der Waals surface area contributed by atoms with Crippen molar-refractivity contribution in [1.82, 2.24) is 4.98 Å². The average molecular weight is 170 g/mol. The maximum absolute atomic E-state index is 5.89. The summed E-state index contributed by atoms with van der Waals surface area (Å²) in [5.41, 5.74) is 7.10. The van der Waals surface area contributed by atoms with E-state index in [0.29, 0.717) is 0 Å². The molecule has 1 atom stereocenters. The molecule has 0 saturated heterocycles. The molecule has 1 aromatic rings. The highest BCUT2D eigenvalue weighted by Gasteiger charge is 2.03. The van der Waals surface area contributed by atoms with Crippen molar-refractivity contribution in [1.29, 1.82) is 0 Å². The van der Waals surface area contributed by atoms with Crippen LogP contribution < -0.4 is 5.73 Å². The van der Waals surface area contributed by atoms with Gasteiger partial charge in [0.15, 0.2) is 0 Å². The summed E-state index contributed by atoms with van der Waals surface area (Å²) >= 11 is 1.84. The van der Waals surface area contributed by atoms with Crippen molar-refractivity contribution in [3.63, 3.8) is 0 Å². The van der Waals surface area contributed by atoms with Crippen LogP contribution in [0.2, 0.25) is 0 Å². The zero-order valence-electron chi connectivity index (χ0n) is 6.71. The van der Waals surface area contributed by atoms with Crippen LogP contribution in [0.5, 0.6) is 0 Å². The summed E-state index contributed by atoms with van der Waals surface area (Å²) < 4.78 is 0. The van der Waals surface area contributed by atoms with Crippen LogP contribution in [0.4, 0.5) is 0 Å². The van der Waals surface area contributed by atoms with E-state index < -0.39 is 0 Å². The molecule has 1 heterocycles. The van der Waals surface area contributed by atoms with Gasteiger partial charge in [0.2, 0.25) is 0 Å². The molecule has 3 N–H and O–H groups in total. The van der Waals surface area contributed by atoms with Crippen LogP contribution >= 0.6 is 11.8 Å². The minimum absolute atomic E-state index is 0.202. The standard InChI is InChI=1S/C8H14N2S/c1-11-5-3-8(9)7-2-4-10-6-7/h2,4,6,8,10H,3,5,9H2,1H3. The van der Waals surface area contributed by atoms with Crippen LogP contribution in [0.1, 0.15) is 18.0 Å². The van der Waals surface area contributed by atoms with Crippen molar-refractivity contribution >= 4 is 11.8 Å². The Morgan fingerprint density at radius 1 is 1.73 bits per heavy atom. The fourth-order valence-electron chi connectivity index (χ4n) is 0.979. The van der Waals surface area contributed by atoms with Gasteiger partial charge in [-0.2, -0.15) is 11.8 Å². The highest BCUT2D eigenvalue weighted by Crippen LogP contribution is 2.14. The minimum Gasteiger partial charge on any atom is -0.367 e. The van der Waals surface area contributed by atoms with E-state index in [1.165, 1.54) is 5.56 Å². The van der Waals surface area contributed by atoms with Crippen molar-refractivity contribution in [2.75, 3.05) is 12.0 Å². The van der Waals surface area contributed by atoms with Crippen molar-refractivity contribution in [3.05, 3.63) is 24.0 Å². The number of rotatable bonds is 4. The Morgan fingerprint density at radius 3 is 3.09 bits per heavy atom. The molecule has 1 aromatic heterocycles. The average Bonchev–Trinajstić information content (AvgIpc) is 2.52. The molecule has 62 valence electrons. The molecule has 1 rings (SSSR count). The van der Waals surface area contributed by atoms with Crippen molar-refractivity contribution in [2.45, 2.75) is 12.5 Å². The minimum atomic E-state index is 0.202. The fraction of sp³-hybridized carbons (Fsp3) is 0.500. The van der Waals surface area contributed by atoms with Crippen molar-refractivity contribution < 1.29 is 0 Å². The molecule has 2 nitrogen and oxygen atoms in total. The van der Waals surface area contributed by atoms with Gasteiger partial charge in [-0.25, -0.2) is 0 Å². The predicted molar refractivity (Wildman–Crippen MR) is 50.7 cm³/mol. The largest absolute Gasteiger partial charge is 0.367 e. The summed E-state index contributed by atoms with van der Waals surface area (Å²) in [6.45, 7) is 0. The van der Waals surface area contributed by atoms with Gasteiger partial charge in [0.1, 0.15) is 0 Å². The van der Waals surface area contributed by atoms with Crippen molar-refractivity contribution in [2.24, 2.45) is 5.73 Å². The second kappa shape index (κ2) is 4.46. The van der Waals surface area contributed by atoms with E-state index in [4.69, 9.17) is 5.73 Å². The summed E-state index contributed by atoms with van der Waals surface area (Å²) in [6.07, 6.45) is 7.03. The molecule has 11 heavy (non-hydrogen) atoms. The van der Waals surface area contributed by atoms with Gasteiger partial charge in [-0.3, -0.25) is 0 Å². The van der Waals surface area contributed by atoms with Crippen LogP contribution in [-0.4, -0.2) is 17.0 Å². The lowest BCUT2D eigenvalue weighted by Gasteiger charge is -2.07. The third kappa shape index (κ3) is 2.60. The molecular weight excluding hydrogens is 156 g/mol. The summed E-state index contributed by atoms with van der Waals surface area (Å²) in [6, 6.07) is 2.24. The topological polar surface area (TPSA) is 41.8 Å². The maximum Gasteiger partial charge on any atom is 0.0317 e. The molecule has 3 heteroatoms. The van der Waals surface area contributed by atoms with Gasteiger partial charge >= 0.3 is 0 Å².